The van der Waals surface area contributed by atoms with Gasteiger partial charge in [-0.05, 0) is 19.9 Å². The summed E-state index contributed by atoms with van der Waals surface area (Å²) in [6, 6.07) is -0.724. The van der Waals surface area contributed by atoms with Crippen molar-refractivity contribution in [2.45, 2.75) is 31.7 Å². The van der Waals surface area contributed by atoms with E-state index in [1.807, 2.05) is 5.94 Å². The van der Waals surface area contributed by atoms with Crippen LogP contribution in [0.4, 0.5) is 0 Å². The maximum Gasteiger partial charge on any atom is 0.334 e. The van der Waals surface area contributed by atoms with Crippen molar-refractivity contribution >= 4 is 11.9 Å². The summed E-state index contributed by atoms with van der Waals surface area (Å²) >= 11 is 0. The fraction of sp³-hybridized carbons (Fsp3) is 0.438. The van der Waals surface area contributed by atoms with Gasteiger partial charge in [0.2, 0.25) is 0 Å². The number of hydrogen-bond donors (Lipinski definition) is 1. The highest BCUT2D eigenvalue weighted by Crippen LogP contribution is 2.39. The van der Waals surface area contributed by atoms with Crippen LogP contribution in [0.25, 0.3) is 0 Å². The van der Waals surface area contributed by atoms with Crippen molar-refractivity contribution in [2.24, 2.45) is 5.92 Å². The van der Waals surface area contributed by atoms with Gasteiger partial charge < -0.3 is 9.84 Å². The molecule has 6 nitrogen and oxygen atoms in total. The molecule has 0 spiro atoms. The molecule has 6 heteroatoms. The van der Waals surface area contributed by atoms with E-state index in [0.717, 1.165) is 0 Å². The first kappa shape index (κ1) is 16.2. The molecular formula is C16H17NO5. The second-order valence-corrected chi connectivity index (χ2v) is 5.44. The average molecular weight is 303 g/mol. The molecule has 116 valence electrons. The van der Waals surface area contributed by atoms with Crippen molar-refractivity contribution in [1.82, 2.24) is 5.06 Å². The van der Waals surface area contributed by atoms with E-state index < -0.39 is 29.8 Å². The zero-order valence-electron chi connectivity index (χ0n) is 12.4. The van der Waals surface area contributed by atoms with Crippen LogP contribution in [-0.2, 0) is 19.2 Å². The van der Waals surface area contributed by atoms with Crippen LogP contribution in [0.5, 0.6) is 0 Å². The third kappa shape index (κ3) is 2.89. The molecule has 0 saturated carbocycles. The topological polar surface area (TPSA) is 76.1 Å². The van der Waals surface area contributed by atoms with Crippen LogP contribution < -0.4 is 0 Å². The van der Waals surface area contributed by atoms with Crippen molar-refractivity contribution in [2.75, 3.05) is 6.61 Å². The molecule has 1 heterocycles. The lowest BCUT2D eigenvalue weighted by Crippen LogP contribution is -2.49. The Bertz CT molecular complexity index is 607. The Morgan fingerprint density at radius 3 is 2.86 bits per heavy atom. The number of allylic oxidation sites excluding steroid dienone is 3. The fourth-order valence-corrected chi connectivity index (χ4v) is 2.75. The molecule has 1 saturated heterocycles. The molecule has 3 unspecified atom stereocenters. The highest BCUT2D eigenvalue weighted by molar-refractivity contribution is 5.74. The van der Waals surface area contributed by atoms with Crippen LogP contribution in [0.1, 0.15) is 13.8 Å². The largest absolute Gasteiger partial charge is 0.479 e. The summed E-state index contributed by atoms with van der Waals surface area (Å²) in [6.07, 6.45) is 10.8. The maximum absolute atomic E-state index is 11.6. The Balaban J connectivity index is 2.43. The fourth-order valence-electron chi connectivity index (χ4n) is 2.75. The SMILES string of the molecule is C#CCON1C(C2C=CC=CC2=C=O)C(C(=O)O)OC1(C)C. The van der Waals surface area contributed by atoms with Gasteiger partial charge in [0, 0.05) is 11.5 Å². The van der Waals surface area contributed by atoms with Gasteiger partial charge in [-0.1, -0.05) is 24.1 Å². The molecule has 0 aromatic heterocycles. The molecule has 1 aliphatic carbocycles. The predicted molar refractivity (Wildman–Crippen MR) is 78.0 cm³/mol. The minimum absolute atomic E-state index is 0.0258. The summed E-state index contributed by atoms with van der Waals surface area (Å²) in [6.45, 7) is 3.35. The Hall–Kier alpha value is -2.16. The summed E-state index contributed by atoms with van der Waals surface area (Å²) in [5, 5.41) is 10.9. The minimum Gasteiger partial charge on any atom is -0.479 e. The van der Waals surface area contributed by atoms with Gasteiger partial charge in [0.25, 0.3) is 0 Å². The van der Waals surface area contributed by atoms with E-state index in [1.165, 1.54) is 5.06 Å². The molecular weight excluding hydrogens is 286 g/mol. The number of rotatable bonds is 4. The van der Waals surface area contributed by atoms with Gasteiger partial charge in [-0.15, -0.1) is 6.42 Å². The van der Waals surface area contributed by atoms with E-state index in [2.05, 4.69) is 5.92 Å². The van der Waals surface area contributed by atoms with Gasteiger partial charge >= 0.3 is 5.97 Å². The molecule has 3 atom stereocenters. The van der Waals surface area contributed by atoms with Crippen LogP contribution in [0.3, 0.4) is 0 Å². The highest BCUT2D eigenvalue weighted by Gasteiger charge is 2.54. The van der Waals surface area contributed by atoms with E-state index in [1.54, 1.807) is 38.2 Å². The van der Waals surface area contributed by atoms with Crippen molar-refractivity contribution in [3.63, 3.8) is 0 Å². The van der Waals surface area contributed by atoms with E-state index in [-0.39, 0.29) is 6.61 Å². The number of terminal acetylenes is 1. The third-order valence-corrected chi connectivity index (χ3v) is 3.61. The predicted octanol–water partition coefficient (Wildman–Crippen LogP) is 0.942. The molecule has 22 heavy (non-hydrogen) atoms. The normalized spacial score (nSPS) is 30.0. The van der Waals surface area contributed by atoms with Crippen molar-refractivity contribution in [1.29, 1.82) is 0 Å². The standard InChI is InChI=1S/C16H17NO5/c1-4-9-21-17-13(12-8-6-5-7-11(12)10-18)14(15(19)20)22-16(17,2)3/h1,5-8,12-14H,9H2,2-3H3,(H,19,20). The maximum atomic E-state index is 11.6. The van der Waals surface area contributed by atoms with Crippen LogP contribution in [0.2, 0.25) is 0 Å². The molecule has 0 amide bonds. The quantitative estimate of drug-likeness (QED) is 0.615. The summed E-state index contributed by atoms with van der Waals surface area (Å²) in [4.78, 5) is 28.2. The number of nitrogens with zero attached hydrogens (tertiary/aromatic N) is 1. The number of ether oxygens (including phenoxy) is 1. The van der Waals surface area contributed by atoms with Crippen LogP contribution in [0.15, 0.2) is 29.9 Å². The number of carbonyl (C=O) groups is 1. The first-order valence-corrected chi connectivity index (χ1v) is 6.78. The summed E-state index contributed by atoms with van der Waals surface area (Å²) in [7, 11) is 0. The number of carboxylic acids is 1. The van der Waals surface area contributed by atoms with E-state index in [4.69, 9.17) is 16.0 Å². The molecule has 2 rings (SSSR count). The number of carbonyl (C=O) groups excluding carboxylic acids is 1. The Kier molecular flexibility index (Phi) is 4.65. The molecule has 0 bridgehead atoms. The van der Waals surface area contributed by atoms with Gasteiger partial charge in [0.15, 0.2) is 6.10 Å². The first-order valence-electron chi connectivity index (χ1n) is 6.78. The Labute approximate surface area is 128 Å². The summed E-state index contributed by atoms with van der Waals surface area (Å²) in [5.74, 6) is 2.56. The van der Waals surface area contributed by atoms with Crippen LogP contribution in [0, 0.1) is 18.3 Å². The van der Waals surface area contributed by atoms with Crippen molar-refractivity contribution < 1.29 is 24.3 Å². The van der Waals surface area contributed by atoms with Gasteiger partial charge in [0.05, 0.1) is 6.04 Å². The van der Waals surface area contributed by atoms with Crippen LogP contribution >= 0.6 is 0 Å². The van der Waals surface area contributed by atoms with Crippen LogP contribution in [-0.4, -0.2) is 46.6 Å². The molecule has 1 fully saturated rings. The lowest BCUT2D eigenvalue weighted by molar-refractivity contribution is -0.253. The molecule has 1 N–H and O–H groups in total. The zero-order chi connectivity index (χ0) is 16.3. The molecule has 0 aromatic carbocycles. The molecule has 0 radical (unpaired) electrons. The third-order valence-electron chi connectivity index (χ3n) is 3.61. The second-order valence-electron chi connectivity index (χ2n) is 5.44. The van der Waals surface area contributed by atoms with Gasteiger partial charge in [-0.25, -0.2) is 9.59 Å². The Morgan fingerprint density at radius 2 is 2.27 bits per heavy atom. The lowest BCUT2D eigenvalue weighted by Gasteiger charge is -2.34. The van der Waals surface area contributed by atoms with Crippen molar-refractivity contribution in [3.8, 4) is 12.3 Å². The molecule has 1 aliphatic heterocycles. The van der Waals surface area contributed by atoms with E-state index >= 15 is 0 Å². The number of hydroxylamine groups is 2. The summed E-state index contributed by atoms with van der Waals surface area (Å²) in [5.41, 5.74) is -0.650. The first-order chi connectivity index (χ1) is 10.4. The smallest absolute Gasteiger partial charge is 0.334 e. The highest BCUT2D eigenvalue weighted by atomic mass is 16.7. The monoisotopic (exact) mass is 303 g/mol. The number of carboxylic acid groups (broad SMARTS) is 1. The summed E-state index contributed by atoms with van der Waals surface area (Å²) < 4.78 is 5.61. The minimum atomic E-state index is -1.16. The van der Waals surface area contributed by atoms with Crippen molar-refractivity contribution in [3.05, 3.63) is 29.9 Å². The zero-order valence-corrected chi connectivity index (χ0v) is 12.4. The lowest BCUT2D eigenvalue weighted by atomic mass is 9.85. The Morgan fingerprint density at radius 1 is 1.55 bits per heavy atom. The van der Waals surface area contributed by atoms with Gasteiger partial charge in [0.1, 0.15) is 18.3 Å². The van der Waals surface area contributed by atoms with Gasteiger partial charge in [-0.3, -0.25) is 4.84 Å². The number of hydrogen-bond acceptors (Lipinski definition) is 5. The number of aliphatic carboxylic acids is 1. The molecule has 0 aromatic rings. The molecule has 2 aliphatic rings. The van der Waals surface area contributed by atoms with E-state index in [9.17, 15) is 14.7 Å². The van der Waals surface area contributed by atoms with E-state index in [0.29, 0.717) is 5.57 Å². The van der Waals surface area contributed by atoms with Gasteiger partial charge in [-0.2, -0.15) is 5.06 Å². The average Bonchev–Trinajstić information content (AvgIpc) is 2.76. The second kappa shape index (κ2) is 6.30.